The lowest BCUT2D eigenvalue weighted by Crippen LogP contribution is -2.78. The van der Waals surface area contributed by atoms with Gasteiger partial charge in [-0.2, -0.15) is 0 Å². The van der Waals surface area contributed by atoms with E-state index in [1.54, 1.807) is 99.6 Å². The minimum absolute atomic E-state index is 0.0216. The predicted octanol–water partition coefficient (Wildman–Crippen LogP) is 19.3. The van der Waals surface area contributed by atoms with Crippen molar-refractivity contribution in [2.75, 3.05) is 31.8 Å². The van der Waals surface area contributed by atoms with Crippen molar-refractivity contribution in [3.63, 3.8) is 0 Å². The third-order valence-corrected chi connectivity index (χ3v) is 28.0. The summed E-state index contributed by atoms with van der Waals surface area (Å²) in [5.41, 5.74) is 6.76. The Kier molecular flexibility index (Phi) is 28.6. The molecule has 2 fully saturated rings. The highest BCUT2D eigenvalue weighted by Gasteiger charge is 2.76. The first-order valence-electron chi connectivity index (χ1n) is 43.9. The van der Waals surface area contributed by atoms with E-state index in [4.69, 9.17) is 47.9 Å². The average Bonchev–Trinajstić information content (AvgIpc) is 0.767. The number of esters is 6. The molecule has 670 valence electrons. The number of carbonyl (C=O) groups excluding carboxylic acids is 8. The Morgan fingerprint density at radius 2 is 1.02 bits per heavy atom. The highest BCUT2D eigenvalue weighted by Crippen LogP contribution is 2.64. The lowest BCUT2D eigenvalue weighted by Gasteiger charge is -2.65. The molecule has 0 unspecified atom stereocenters. The number of aliphatic hydroxyl groups is 2. The van der Waals surface area contributed by atoms with Gasteiger partial charge in [-0.25, -0.2) is 19.6 Å². The van der Waals surface area contributed by atoms with Gasteiger partial charge in [0, 0.05) is 101 Å². The van der Waals surface area contributed by atoms with Gasteiger partial charge in [-0.05, 0) is 170 Å². The Bertz CT molecular complexity index is 6070. The molecule has 10 aromatic rings. The van der Waals surface area contributed by atoms with E-state index < -0.39 is 119 Å². The molecule has 1 amide bonds. The molecule has 5 heterocycles. The lowest BCUT2D eigenvalue weighted by molar-refractivity contribution is -0.287. The molecule has 0 saturated heterocycles. The van der Waals surface area contributed by atoms with Gasteiger partial charge in [0.15, 0.2) is 11.9 Å². The molecule has 3 aliphatic carbocycles. The maximum Gasteiger partial charge on any atom is 0.350 e. The second-order valence-corrected chi connectivity index (χ2v) is 36.6. The van der Waals surface area contributed by atoms with Gasteiger partial charge in [0.25, 0.3) is 5.91 Å². The number of nitrogens with one attached hydrogen (secondary N) is 3. The molecule has 10 bridgehead atoms. The van der Waals surface area contributed by atoms with Crippen molar-refractivity contribution in [2.45, 2.75) is 160 Å². The van der Waals surface area contributed by atoms with Crippen LogP contribution in [-0.4, -0.2) is 157 Å². The van der Waals surface area contributed by atoms with Crippen LogP contribution in [0.3, 0.4) is 0 Å². The first-order chi connectivity index (χ1) is 62.8. The number of nitrogens with zero attached hydrogens (tertiary/aromatic N) is 2. The van der Waals surface area contributed by atoms with Gasteiger partial charge >= 0.3 is 35.8 Å². The van der Waals surface area contributed by atoms with Crippen LogP contribution in [0, 0.1) is 16.7 Å². The number of aliphatic hydroxyl groups excluding tert-OH is 1. The number of rotatable bonds is 32. The van der Waals surface area contributed by atoms with Gasteiger partial charge in [-0.15, -0.1) is 0 Å². The maximum absolute atomic E-state index is 16.2. The Balaban J connectivity index is 0.592. The molecule has 11 atom stereocenters. The van der Waals surface area contributed by atoms with E-state index in [2.05, 4.69) is 125 Å². The minimum Gasteiger partial charge on any atom is -0.494 e. The number of hydrogen-bond acceptors (Lipinski definition) is 22. The quantitative estimate of drug-likeness (QED) is 0.00860. The van der Waals surface area contributed by atoms with Gasteiger partial charge in [-0.1, -0.05) is 212 Å². The first-order valence-corrected chi connectivity index (χ1v) is 46.4. The summed E-state index contributed by atoms with van der Waals surface area (Å²) in [6.07, 6.45) is -0.240. The van der Waals surface area contributed by atoms with Crippen molar-refractivity contribution in [3.05, 3.63) is 281 Å². The van der Waals surface area contributed by atoms with Crippen LogP contribution in [0.25, 0.3) is 90.9 Å². The summed E-state index contributed by atoms with van der Waals surface area (Å²) < 4.78 is 49.9. The molecule has 5 N–H and O–H groups in total. The zero-order valence-electron chi connectivity index (χ0n) is 73.7. The second kappa shape index (κ2) is 40.5. The highest BCUT2D eigenvalue weighted by atomic mass is 33.1. The number of ketones is 1. The average molecular weight is 1790 g/mol. The molecule has 0 radical (unpaired) electrons. The Morgan fingerprint density at radius 3 is 1.49 bits per heavy atom. The number of amides is 1. The number of aromatic nitrogens is 4. The summed E-state index contributed by atoms with van der Waals surface area (Å²) in [5, 5.41) is 29.8. The number of fused-ring (bicyclic) bond motifs is 11. The van der Waals surface area contributed by atoms with Gasteiger partial charge in [0.1, 0.15) is 35.2 Å². The summed E-state index contributed by atoms with van der Waals surface area (Å²) in [6, 6.07) is 70.4. The van der Waals surface area contributed by atoms with Crippen LogP contribution in [0.1, 0.15) is 161 Å². The van der Waals surface area contributed by atoms with Crippen LogP contribution < -0.4 is 10.1 Å². The van der Waals surface area contributed by atoms with Crippen molar-refractivity contribution in [1.29, 1.82) is 0 Å². The highest BCUT2D eigenvalue weighted by molar-refractivity contribution is 8.76. The van der Waals surface area contributed by atoms with E-state index in [-0.39, 0.29) is 66.3 Å². The SMILES string of the molecule is CC[C@]1(OC(C)=O)[C@H]2[C@H](OC(=O)c3ccccc3)[C@@]3(O)C[C@H](OC(=O)[C@H](OC(=O)CCSSCCC(=O)OCCCCCCOc4ccc(-c5c6nc(c(-c7ccccc7)c7ccc([nH]7)c(-c7ccccc7)c7nc(c(-c8ccccc8)c8ccc5[nH]8)C=C7)C=C6)cc4)[C@@H](NC(=O)c4ccccc4)c4ccccc4)C(C)=C([C@@H](OC(C)=O)C(=O)[C@]2(C)[C@H](O)C[C@H]1OC)C3(C)C. The van der Waals surface area contributed by atoms with Gasteiger partial charge in [-0.3, -0.25) is 28.8 Å². The van der Waals surface area contributed by atoms with E-state index in [0.717, 1.165) is 128 Å². The normalized spacial score (nSPS) is 21.1. The number of methoxy groups -OCH3 is 1. The van der Waals surface area contributed by atoms with Gasteiger partial charge < -0.3 is 63.4 Å². The van der Waals surface area contributed by atoms with E-state index in [1.807, 2.05) is 54.6 Å². The number of hydrogen-bond donors (Lipinski definition) is 5. The summed E-state index contributed by atoms with van der Waals surface area (Å²) in [7, 11) is 3.96. The number of carbonyl (C=O) groups is 8. The Hall–Kier alpha value is -12.8. The van der Waals surface area contributed by atoms with Crippen LogP contribution in [-0.2, 0) is 61.9 Å². The third kappa shape index (κ3) is 19.3. The van der Waals surface area contributed by atoms with Gasteiger partial charge in [0.2, 0.25) is 6.10 Å². The molecule has 25 heteroatoms. The minimum atomic E-state index is -2.54. The molecule has 0 spiro atoms. The molecule has 2 saturated carbocycles. The van der Waals surface area contributed by atoms with Crippen LogP contribution in [0.2, 0.25) is 0 Å². The number of benzene rings is 7. The zero-order valence-corrected chi connectivity index (χ0v) is 75.3. The summed E-state index contributed by atoms with van der Waals surface area (Å²) in [6.45, 7) is 10.6. The topological polar surface area (TPSA) is 320 Å². The molecule has 15 rings (SSSR count). The lowest BCUT2D eigenvalue weighted by atomic mass is 9.45. The van der Waals surface area contributed by atoms with Crippen molar-refractivity contribution in [2.24, 2.45) is 16.7 Å². The number of Topliss-reactive ketones (excluding diaryl/α,β-unsaturated/α-hetero) is 1. The Morgan fingerprint density at radius 1 is 0.554 bits per heavy atom. The number of unbranched alkanes of at least 4 members (excludes halogenated alkanes) is 3. The predicted molar refractivity (Wildman–Crippen MR) is 503 cm³/mol. The van der Waals surface area contributed by atoms with Crippen LogP contribution in [0.5, 0.6) is 5.75 Å². The van der Waals surface area contributed by atoms with Crippen molar-refractivity contribution in [1.82, 2.24) is 25.3 Å². The largest absolute Gasteiger partial charge is 0.494 e. The molecular weight excluding hydrogens is 1680 g/mol. The van der Waals surface area contributed by atoms with Crippen molar-refractivity contribution < 1.29 is 86.5 Å². The monoisotopic (exact) mass is 1790 g/mol. The van der Waals surface area contributed by atoms with Crippen LogP contribution in [0.4, 0.5) is 0 Å². The zero-order chi connectivity index (χ0) is 91.4. The van der Waals surface area contributed by atoms with E-state index in [9.17, 15) is 39.0 Å². The summed E-state index contributed by atoms with van der Waals surface area (Å²) in [4.78, 5) is 134. The maximum atomic E-state index is 16.2. The smallest absolute Gasteiger partial charge is 0.350 e. The van der Waals surface area contributed by atoms with Crippen molar-refractivity contribution >= 4 is 115 Å². The van der Waals surface area contributed by atoms with Crippen LogP contribution >= 0.6 is 21.6 Å². The fraction of sp³-hybridized carbons (Fsp3) is 0.314. The molecule has 23 nitrogen and oxygen atoms in total. The standard InChI is InChI=1S/C105H105N5O18S2/c1-9-104(128-66(4)112)85(121-8)62-84(113)103(7)96(104)98(127-100(118)73-42-28-17-29-43-73)105(120)63-83(64(2)92(102(105,5)6)94(97(103)116)124-65(3)111)125-101(119)95(93(71-38-24-15-25-39-71)110-99(117)72-40-26-16-27-41-72)126-87(115)57-61-130-129-60-56-86(114)123-59-31-11-10-30-58-122-74-46-44-70(45-47-74)91-81-54-52-79(108-81)89(68-34-20-13-21-35-68)77-50-48-75(106-77)88(67-32-18-12-19-33-67)76-49-51-78(107-76)90(69-36-22-14-23-37-69)80-53-55-82(91)109-80/h12-29,32-55,83-85,93-96,98,106,109,113,120H,9-11,30-31,56-63H2,1-8H3,(H,110,117)/t83-,84+,85+,93-,94+,95+,96-,98-,103+,104+,105-/m0/s1. The number of aromatic amines is 2. The Labute approximate surface area is 762 Å². The fourth-order valence-electron chi connectivity index (χ4n) is 19.1. The summed E-state index contributed by atoms with van der Waals surface area (Å²) >= 11 is 0. The van der Waals surface area contributed by atoms with E-state index >= 15 is 9.59 Å². The van der Waals surface area contributed by atoms with Crippen molar-refractivity contribution in [3.8, 4) is 50.3 Å². The molecule has 7 aromatic carbocycles. The van der Waals surface area contributed by atoms with E-state index in [1.165, 1.54) is 54.7 Å². The summed E-state index contributed by atoms with van der Waals surface area (Å²) in [5.74, 6) is -7.32. The molecule has 2 aliphatic heterocycles. The molecule has 3 aromatic heterocycles. The van der Waals surface area contributed by atoms with Gasteiger partial charge in [0.05, 0.1) is 77.9 Å². The fourth-order valence-corrected chi connectivity index (χ4v) is 21.0. The molecule has 5 aliphatic rings. The second-order valence-electron chi connectivity index (χ2n) is 33.9. The number of H-pyrrole nitrogens is 2. The van der Waals surface area contributed by atoms with E-state index in [0.29, 0.717) is 24.3 Å². The number of ether oxygens (including phenoxy) is 8. The molecular formula is C105H105N5O18S2. The third-order valence-electron chi connectivity index (χ3n) is 25.6. The molecule has 130 heavy (non-hydrogen) atoms. The first kappa shape index (κ1) is 92.0. The van der Waals surface area contributed by atoms with Crippen LogP contribution in [0.15, 0.2) is 242 Å².